The highest BCUT2D eigenvalue weighted by Crippen LogP contribution is 2.25. The van der Waals surface area contributed by atoms with E-state index in [0.717, 1.165) is 11.1 Å². The molecule has 0 atom stereocenters. The summed E-state index contributed by atoms with van der Waals surface area (Å²) in [6.07, 6.45) is 5.03. The van der Waals surface area contributed by atoms with Crippen LogP contribution in [-0.2, 0) is 10.3 Å². The van der Waals surface area contributed by atoms with Crippen molar-refractivity contribution in [1.29, 1.82) is 0 Å². The summed E-state index contributed by atoms with van der Waals surface area (Å²) in [4.78, 5) is 17.9. The van der Waals surface area contributed by atoms with E-state index < -0.39 is 5.54 Å². The van der Waals surface area contributed by atoms with Gasteiger partial charge in [-0.3, -0.25) is 4.98 Å². The number of aromatic nitrogens is 1. The van der Waals surface area contributed by atoms with Crippen molar-refractivity contribution in [2.24, 2.45) is 4.99 Å². The summed E-state index contributed by atoms with van der Waals surface area (Å²) < 4.78 is 0. The second-order valence-electron chi connectivity index (χ2n) is 3.45. The van der Waals surface area contributed by atoms with Crippen LogP contribution in [0.15, 0.2) is 23.5 Å². The fourth-order valence-electron chi connectivity index (χ4n) is 1.28. The molecule has 0 aromatic carbocycles. The van der Waals surface area contributed by atoms with Crippen LogP contribution in [0, 0.1) is 6.92 Å². The van der Waals surface area contributed by atoms with E-state index in [1.165, 1.54) is 0 Å². The molecule has 0 saturated heterocycles. The SMILES string of the molecule is Cc1ccncc1C(C)(C)N=C=O. The fourth-order valence-corrected chi connectivity index (χ4v) is 1.28. The number of hydrogen-bond donors (Lipinski definition) is 0. The van der Waals surface area contributed by atoms with Crippen molar-refractivity contribution in [2.45, 2.75) is 26.3 Å². The largest absolute Gasteiger partial charge is 0.264 e. The molecule has 0 aliphatic rings. The number of isocyanates is 1. The molecule has 0 saturated carbocycles. The third-order valence-electron chi connectivity index (χ3n) is 2.02. The monoisotopic (exact) mass is 176 g/mol. The molecule has 0 spiro atoms. The first-order valence-electron chi connectivity index (χ1n) is 4.08. The zero-order chi connectivity index (χ0) is 9.90. The molecule has 0 unspecified atom stereocenters. The fraction of sp³-hybridized carbons (Fsp3) is 0.400. The molecule has 0 aliphatic carbocycles. The lowest BCUT2D eigenvalue weighted by molar-refractivity contribution is 0.520. The highest BCUT2D eigenvalue weighted by molar-refractivity contribution is 5.38. The second-order valence-corrected chi connectivity index (χ2v) is 3.45. The third-order valence-corrected chi connectivity index (χ3v) is 2.02. The van der Waals surface area contributed by atoms with Crippen LogP contribution in [0.1, 0.15) is 25.0 Å². The smallest absolute Gasteiger partial charge is 0.235 e. The lowest BCUT2D eigenvalue weighted by Crippen LogP contribution is -2.15. The van der Waals surface area contributed by atoms with Crippen LogP contribution in [0.2, 0.25) is 0 Å². The van der Waals surface area contributed by atoms with Gasteiger partial charge in [-0.05, 0) is 32.4 Å². The number of nitrogens with zero attached hydrogens (tertiary/aromatic N) is 2. The molecule has 0 radical (unpaired) electrons. The Morgan fingerprint density at radius 2 is 2.23 bits per heavy atom. The minimum absolute atomic E-state index is 0.528. The Hall–Kier alpha value is -1.47. The summed E-state index contributed by atoms with van der Waals surface area (Å²) >= 11 is 0. The average molecular weight is 176 g/mol. The Kier molecular flexibility index (Phi) is 2.59. The first-order valence-corrected chi connectivity index (χ1v) is 4.08. The summed E-state index contributed by atoms with van der Waals surface area (Å²) in [5.74, 6) is 0. The standard InChI is InChI=1S/C10H12N2O/c1-8-4-5-11-6-9(8)10(2,3)12-7-13/h4-6H,1-3H3. The van der Waals surface area contributed by atoms with E-state index in [-0.39, 0.29) is 0 Å². The number of hydrogen-bond acceptors (Lipinski definition) is 3. The highest BCUT2D eigenvalue weighted by atomic mass is 16.1. The predicted octanol–water partition coefficient (Wildman–Crippen LogP) is 1.96. The Labute approximate surface area is 77.5 Å². The van der Waals surface area contributed by atoms with Crippen molar-refractivity contribution < 1.29 is 4.79 Å². The molecule has 3 heteroatoms. The van der Waals surface area contributed by atoms with E-state index in [1.807, 2.05) is 26.8 Å². The molecular weight excluding hydrogens is 164 g/mol. The Balaban J connectivity index is 3.21. The summed E-state index contributed by atoms with van der Waals surface area (Å²) in [5, 5.41) is 0. The molecule has 0 N–H and O–H groups in total. The van der Waals surface area contributed by atoms with Gasteiger partial charge in [-0.25, -0.2) is 4.79 Å². The molecule has 68 valence electrons. The van der Waals surface area contributed by atoms with E-state index >= 15 is 0 Å². The van der Waals surface area contributed by atoms with Crippen LogP contribution < -0.4 is 0 Å². The van der Waals surface area contributed by atoms with Gasteiger partial charge in [0.1, 0.15) is 0 Å². The summed E-state index contributed by atoms with van der Waals surface area (Å²) in [6.45, 7) is 5.70. The van der Waals surface area contributed by atoms with Gasteiger partial charge in [0.25, 0.3) is 0 Å². The molecular formula is C10H12N2O. The molecule has 3 nitrogen and oxygen atoms in total. The van der Waals surface area contributed by atoms with Gasteiger partial charge in [0.15, 0.2) is 0 Å². The number of rotatable bonds is 2. The number of pyridine rings is 1. The van der Waals surface area contributed by atoms with Crippen LogP contribution in [0.4, 0.5) is 0 Å². The highest BCUT2D eigenvalue weighted by Gasteiger charge is 2.21. The van der Waals surface area contributed by atoms with Gasteiger partial charge in [-0.15, -0.1) is 0 Å². The van der Waals surface area contributed by atoms with Crippen molar-refractivity contribution >= 4 is 6.08 Å². The Bertz CT molecular complexity index is 352. The van der Waals surface area contributed by atoms with Gasteiger partial charge in [0, 0.05) is 18.0 Å². The minimum atomic E-state index is -0.528. The van der Waals surface area contributed by atoms with Gasteiger partial charge in [0.05, 0.1) is 5.54 Å². The maximum atomic E-state index is 10.2. The van der Waals surface area contributed by atoms with Crippen LogP contribution in [0.25, 0.3) is 0 Å². The maximum Gasteiger partial charge on any atom is 0.235 e. The molecule has 0 aliphatic heterocycles. The molecule has 13 heavy (non-hydrogen) atoms. The van der Waals surface area contributed by atoms with Gasteiger partial charge in [-0.1, -0.05) is 0 Å². The van der Waals surface area contributed by atoms with Crippen LogP contribution in [-0.4, -0.2) is 11.1 Å². The van der Waals surface area contributed by atoms with E-state index in [4.69, 9.17) is 0 Å². The average Bonchev–Trinajstić information content (AvgIpc) is 2.04. The summed E-state index contributed by atoms with van der Waals surface area (Å²) in [6, 6.07) is 1.90. The number of aliphatic imine (C=N–C) groups is 1. The lowest BCUT2D eigenvalue weighted by Gasteiger charge is -2.19. The maximum absolute atomic E-state index is 10.2. The van der Waals surface area contributed by atoms with E-state index in [0.29, 0.717) is 0 Å². The lowest BCUT2D eigenvalue weighted by atomic mass is 9.93. The molecule has 1 rings (SSSR count). The molecule has 0 bridgehead atoms. The first-order chi connectivity index (χ1) is 6.08. The van der Waals surface area contributed by atoms with Crippen LogP contribution in [0.3, 0.4) is 0 Å². The Morgan fingerprint density at radius 1 is 1.54 bits per heavy atom. The number of aryl methyl sites for hydroxylation is 1. The molecule has 0 amide bonds. The number of carbonyl (C=O) groups excluding carboxylic acids is 1. The zero-order valence-electron chi connectivity index (χ0n) is 8.03. The third kappa shape index (κ3) is 2.01. The predicted molar refractivity (Wildman–Crippen MR) is 50.1 cm³/mol. The van der Waals surface area contributed by atoms with E-state index in [9.17, 15) is 4.79 Å². The van der Waals surface area contributed by atoms with Crippen LogP contribution >= 0.6 is 0 Å². The second kappa shape index (κ2) is 3.50. The molecule has 0 fully saturated rings. The van der Waals surface area contributed by atoms with E-state index in [1.54, 1.807) is 18.5 Å². The van der Waals surface area contributed by atoms with Crippen molar-refractivity contribution in [1.82, 2.24) is 4.98 Å². The van der Waals surface area contributed by atoms with Crippen molar-refractivity contribution in [3.05, 3.63) is 29.6 Å². The molecule has 1 aromatic rings. The van der Waals surface area contributed by atoms with Gasteiger partial charge >= 0.3 is 0 Å². The van der Waals surface area contributed by atoms with Gasteiger partial charge in [-0.2, -0.15) is 4.99 Å². The van der Waals surface area contributed by atoms with E-state index in [2.05, 4.69) is 9.98 Å². The zero-order valence-corrected chi connectivity index (χ0v) is 8.03. The summed E-state index contributed by atoms with van der Waals surface area (Å²) in [7, 11) is 0. The Morgan fingerprint density at radius 3 is 2.77 bits per heavy atom. The van der Waals surface area contributed by atoms with Crippen LogP contribution in [0.5, 0.6) is 0 Å². The normalized spacial score (nSPS) is 10.7. The topological polar surface area (TPSA) is 42.3 Å². The van der Waals surface area contributed by atoms with Crippen molar-refractivity contribution in [2.75, 3.05) is 0 Å². The minimum Gasteiger partial charge on any atom is -0.264 e. The summed E-state index contributed by atoms with van der Waals surface area (Å²) in [5.41, 5.74) is 1.51. The van der Waals surface area contributed by atoms with Gasteiger partial charge < -0.3 is 0 Å². The first kappa shape index (κ1) is 9.62. The molecule has 1 heterocycles. The van der Waals surface area contributed by atoms with Gasteiger partial charge in [0.2, 0.25) is 6.08 Å². The van der Waals surface area contributed by atoms with Crippen molar-refractivity contribution in [3.8, 4) is 0 Å². The molecule has 1 aromatic heterocycles. The quantitative estimate of drug-likeness (QED) is 0.510. The van der Waals surface area contributed by atoms with Crippen molar-refractivity contribution in [3.63, 3.8) is 0 Å².